The lowest BCUT2D eigenvalue weighted by molar-refractivity contribution is -0.131. The number of ether oxygens (including phenoxy) is 1. The van der Waals surface area contributed by atoms with E-state index in [4.69, 9.17) is 4.74 Å². The second kappa shape index (κ2) is 9.20. The minimum atomic E-state index is -0.480. The lowest BCUT2D eigenvalue weighted by Crippen LogP contribution is -2.41. The van der Waals surface area contributed by atoms with Crippen molar-refractivity contribution in [2.75, 3.05) is 6.61 Å². The molecule has 3 aromatic rings. The van der Waals surface area contributed by atoms with Gasteiger partial charge in [-0.1, -0.05) is 29.8 Å². The minimum absolute atomic E-state index is 0.0336. The number of phenolic OH excluding ortho intramolecular Hbond substituents is 2. The van der Waals surface area contributed by atoms with Crippen molar-refractivity contribution in [1.29, 1.82) is 0 Å². The lowest BCUT2D eigenvalue weighted by atomic mass is 9.82. The summed E-state index contributed by atoms with van der Waals surface area (Å²) in [6, 6.07) is 11.9. The molecular formula is C27H30N4O4. The number of rotatable bonds is 6. The van der Waals surface area contributed by atoms with E-state index in [1.807, 2.05) is 62.1 Å². The number of nitrogens with zero attached hydrogens (tertiary/aromatic N) is 2. The van der Waals surface area contributed by atoms with Gasteiger partial charge in [0.25, 0.3) is 0 Å². The van der Waals surface area contributed by atoms with Crippen LogP contribution < -0.4 is 15.6 Å². The van der Waals surface area contributed by atoms with Gasteiger partial charge in [-0.15, -0.1) is 0 Å². The van der Waals surface area contributed by atoms with Crippen LogP contribution in [0.4, 0.5) is 0 Å². The number of nitrogens with one attached hydrogen (secondary N) is 2. The Hall–Kier alpha value is -3.62. The third-order valence-electron chi connectivity index (χ3n) is 6.92. The highest BCUT2D eigenvalue weighted by molar-refractivity contribution is 5.86. The van der Waals surface area contributed by atoms with E-state index in [-0.39, 0.29) is 35.4 Å². The Morgan fingerprint density at radius 3 is 2.63 bits per heavy atom. The number of carbonyl (C=O) groups excluding carboxylic acids is 1. The monoisotopic (exact) mass is 474 g/mol. The largest absolute Gasteiger partial charge is 0.507 e. The number of carbonyl (C=O) groups is 1. The highest BCUT2D eigenvalue weighted by Crippen LogP contribution is 2.50. The summed E-state index contributed by atoms with van der Waals surface area (Å²) in [5, 5.41) is 21.3. The van der Waals surface area contributed by atoms with Gasteiger partial charge in [0, 0.05) is 30.4 Å². The first kappa shape index (κ1) is 23.1. The Labute approximate surface area is 204 Å². The first-order valence-electron chi connectivity index (χ1n) is 11.8. The van der Waals surface area contributed by atoms with Crippen LogP contribution in [0.2, 0.25) is 0 Å². The van der Waals surface area contributed by atoms with Gasteiger partial charge in [-0.25, -0.2) is 10.9 Å². The van der Waals surface area contributed by atoms with Crippen LogP contribution in [0, 0.1) is 19.8 Å². The van der Waals surface area contributed by atoms with Crippen molar-refractivity contribution in [3.63, 3.8) is 0 Å². The maximum absolute atomic E-state index is 13.7. The number of aromatic nitrogens is 1. The highest BCUT2D eigenvalue weighted by Gasteiger charge is 2.56. The van der Waals surface area contributed by atoms with Crippen LogP contribution in [0.15, 0.2) is 54.9 Å². The fraction of sp³-hybridized carbons (Fsp3) is 0.333. The molecule has 0 radical (unpaired) electrons. The number of pyridine rings is 1. The maximum atomic E-state index is 13.7. The molecule has 0 bridgehead atoms. The number of likely N-dealkylation sites (tertiary alicyclic amines) is 1. The fourth-order valence-electron chi connectivity index (χ4n) is 5.45. The molecule has 5 rings (SSSR count). The molecule has 8 heteroatoms. The third kappa shape index (κ3) is 4.09. The van der Waals surface area contributed by atoms with E-state index in [1.54, 1.807) is 18.5 Å². The quantitative estimate of drug-likeness (QED) is 0.434. The van der Waals surface area contributed by atoms with Crippen molar-refractivity contribution >= 4 is 5.91 Å². The summed E-state index contributed by atoms with van der Waals surface area (Å²) in [6.45, 7) is 6.54. The average molecular weight is 475 g/mol. The lowest BCUT2D eigenvalue weighted by Gasteiger charge is -2.32. The van der Waals surface area contributed by atoms with Gasteiger partial charge in [0.05, 0.1) is 18.7 Å². The summed E-state index contributed by atoms with van der Waals surface area (Å²) in [6.07, 6.45) is 3.47. The standard InChI is InChI=1S/C27H30N4O4/c1-4-35-21-12-18(7-8-20(21)32)25-22-23(19-11-15(2)10-16(3)26(19)33)29-30-24(22)27(34)31(25)14-17-6-5-9-28-13-17/h5-13,22-25,29-30,32-33H,4,14H2,1-3H3. The van der Waals surface area contributed by atoms with E-state index in [1.165, 1.54) is 0 Å². The summed E-state index contributed by atoms with van der Waals surface area (Å²) in [5.74, 6) is 0.417. The predicted molar refractivity (Wildman–Crippen MR) is 131 cm³/mol. The first-order chi connectivity index (χ1) is 16.9. The molecule has 2 aliphatic heterocycles. The number of fused-ring (bicyclic) bond motifs is 1. The molecule has 3 heterocycles. The van der Waals surface area contributed by atoms with Gasteiger partial charge in [0.2, 0.25) is 5.91 Å². The van der Waals surface area contributed by atoms with Gasteiger partial charge < -0.3 is 19.8 Å². The number of amides is 1. The molecule has 182 valence electrons. The molecule has 1 amide bonds. The van der Waals surface area contributed by atoms with E-state index >= 15 is 0 Å². The molecular weight excluding hydrogens is 444 g/mol. The Balaban J connectivity index is 1.62. The summed E-state index contributed by atoms with van der Waals surface area (Å²) in [5.41, 5.74) is 10.9. The second-order valence-corrected chi connectivity index (χ2v) is 9.27. The zero-order valence-corrected chi connectivity index (χ0v) is 20.0. The van der Waals surface area contributed by atoms with Gasteiger partial charge in [-0.2, -0.15) is 0 Å². The minimum Gasteiger partial charge on any atom is -0.507 e. The van der Waals surface area contributed by atoms with E-state index in [9.17, 15) is 15.0 Å². The van der Waals surface area contributed by atoms with E-state index in [0.29, 0.717) is 18.9 Å². The average Bonchev–Trinajstić information content (AvgIpc) is 3.38. The summed E-state index contributed by atoms with van der Waals surface area (Å²) < 4.78 is 5.66. The van der Waals surface area contributed by atoms with E-state index in [0.717, 1.165) is 27.8 Å². The molecule has 4 atom stereocenters. The summed E-state index contributed by atoms with van der Waals surface area (Å²) in [7, 11) is 0. The van der Waals surface area contributed by atoms with Gasteiger partial charge in [-0.05, 0) is 55.7 Å². The molecule has 2 fully saturated rings. The zero-order valence-electron chi connectivity index (χ0n) is 20.0. The number of hydrogen-bond acceptors (Lipinski definition) is 7. The summed E-state index contributed by atoms with van der Waals surface area (Å²) in [4.78, 5) is 19.8. The number of hydrazine groups is 1. The predicted octanol–water partition coefficient (Wildman–Crippen LogP) is 3.43. The normalized spacial score (nSPS) is 23.5. The van der Waals surface area contributed by atoms with Gasteiger partial charge in [0.15, 0.2) is 11.5 Å². The molecule has 0 aliphatic carbocycles. The van der Waals surface area contributed by atoms with Gasteiger partial charge >= 0.3 is 0 Å². The summed E-state index contributed by atoms with van der Waals surface area (Å²) >= 11 is 0. The highest BCUT2D eigenvalue weighted by atomic mass is 16.5. The topological polar surface area (TPSA) is 107 Å². The first-order valence-corrected chi connectivity index (χ1v) is 11.8. The number of benzene rings is 2. The molecule has 1 aromatic heterocycles. The zero-order chi connectivity index (χ0) is 24.7. The SMILES string of the molecule is CCOc1cc(C2C3C(NNC3c3cc(C)cc(C)c3O)C(=O)N2Cc2cccnc2)ccc1O. The molecule has 0 spiro atoms. The third-order valence-corrected chi connectivity index (χ3v) is 6.92. The van der Waals surface area contributed by atoms with Crippen molar-refractivity contribution < 1.29 is 19.7 Å². The Morgan fingerprint density at radius 1 is 1.09 bits per heavy atom. The van der Waals surface area contributed by atoms with Crippen LogP contribution in [-0.4, -0.2) is 38.7 Å². The molecule has 0 saturated carbocycles. The molecule has 2 aromatic carbocycles. The van der Waals surface area contributed by atoms with Crippen LogP contribution in [-0.2, 0) is 11.3 Å². The van der Waals surface area contributed by atoms with Gasteiger partial charge in [0.1, 0.15) is 11.8 Å². The van der Waals surface area contributed by atoms with E-state index < -0.39 is 6.04 Å². The Bertz CT molecular complexity index is 1250. The molecule has 2 aliphatic rings. The van der Waals surface area contributed by atoms with Crippen LogP contribution in [0.5, 0.6) is 17.2 Å². The molecule has 4 unspecified atom stereocenters. The van der Waals surface area contributed by atoms with Crippen molar-refractivity contribution in [2.45, 2.75) is 45.4 Å². The van der Waals surface area contributed by atoms with Crippen molar-refractivity contribution in [2.24, 2.45) is 5.92 Å². The van der Waals surface area contributed by atoms with Crippen molar-refractivity contribution in [3.05, 3.63) is 82.7 Å². The number of hydrogen-bond donors (Lipinski definition) is 4. The van der Waals surface area contributed by atoms with Crippen LogP contribution >= 0.6 is 0 Å². The van der Waals surface area contributed by atoms with Crippen LogP contribution in [0.1, 0.15) is 46.8 Å². The van der Waals surface area contributed by atoms with Crippen molar-refractivity contribution in [3.8, 4) is 17.2 Å². The Morgan fingerprint density at radius 2 is 1.89 bits per heavy atom. The second-order valence-electron chi connectivity index (χ2n) is 9.27. The maximum Gasteiger partial charge on any atom is 0.242 e. The number of phenols is 2. The molecule has 2 saturated heterocycles. The van der Waals surface area contributed by atoms with Crippen LogP contribution in [0.25, 0.3) is 0 Å². The smallest absolute Gasteiger partial charge is 0.242 e. The Kier molecular flexibility index (Phi) is 6.08. The fourth-order valence-corrected chi connectivity index (χ4v) is 5.45. The number of aromatic hydroxyl groups is 2. The van der Waals surface area contributed by atoms with E-state index in [2.05, 4.69) is 15.8 Å². The molecule has 8 nitrogen and oxygen atoms in total. The van der Waals surface area contributed by atoms with Gasteiger partial charge in [-0.3, -0.25) is 9.78 Å². The van der Waals surface area contributed by atoms with Crippen molar-refractivity contribution in [1.82, 2.24) is 20.7 Å². The molecule has 35 heavy (non-hydrogen) atoms. The van der Waals surface area contributed by atoms with Crippen LogP contribution in [0.3, 0.4) is 0 Å². The number of aryl methyl sites for hydroxylation is 2. The molecule has 4 N–H and O–H groups in total.